The molecule has 1 aromatic rings. The van der Waals surface area contributed by atoms with Crippen molar-refractivity contribution in [2.75, 3.05) is 23.9 Å². The van der Waals surface area contributed by atoms with Crippen LogP contribution in [0.15, 0.2) is 24.3 Å². The smallest absolute Gasteiger partial charge is 0.0874 e. The van der Waals surface area contributed by atoms with E-state index in [1.165, 1.54) is 11.4 Å². The summed E-state index contributed by atoms with van der Waals surface area (Å²) in [6, 6.07) is 8.32. The molecule has 0 spiro atoms. The Balaban J connectivity index is 0. The van der Waals surface area contributed by atoms with E-state index in [0.29, 0.717) is 0 Å². The molecule has 1 aromatic carbocycles. The van der Waals surface area contributed by atoms with E-state index in [0.717, 1.165) is 6.67 Å². The molecule has 0 amide bonds. The molecule has 0 saturated heterocycles. The number of rotatable bonds is 0. The molecule has 0 saturated carbocycles. The standard InChI is InChI=1S/C8H10N2.2C2H6.H2/c1-10-6-9-7-4-2-3-5-8(7)10;2*1-2;/h2-5,9H,6H2,1H3;2*1-2H3;1H. The van der Waals surface area contributed by atoms with E-state index in [2.05, 4.69) is 35.5 Å². The molecule has 2 nitrogen and oxygen atoms in total. The number of nitrogens with one attached hydrogen (secondary N) is 1. The van der Waals surface area contributed by atoms with Crippen molar-refractivity contribution < 1.29 is 1.43 Å². The monoisotopic (exact) mass is 196 g/mol. The zero-order valence-electron chi connectivity index (χ0n) is 9.96. The first-order valence-electron chi connectivity index (χ1n) is 5.42. The van der Waals surface area contributed by atoms with Crippen LogP contribution < -0.4 is 10.2 Å². The van der Waals surface area contributed by atoms with Gasteiger partial charge in [-0.3, -0.25) is 0 Å². The van der Waals surface area contributed by atoms with Crippen LogP contribution in [0.3, 0.4) is 0 Å². The Hall–Kier alpha value is -1.18. The van der Waals surface area contributed by atoms with Crippen LogP contribution in [-0.2, 0) is 0 Å². The van der Waals surface area contributed by atoms with Crippen molar-refractivity contribution in [2.45, 2.75) is 27.7 Å². The summed E-state index contributed by atoms with van der Waals surface area (Å²) in [6.45, 7) is 8.93. The largest absolute Gasteiger partial charge is 0.366 e. The Kier molecular flexibility index (Phi) is 6.63. The summed E-state index contributed by atoms with van der Waals surface area (Å²) in [5.41, 5.74) is 2.53. The quantitative estimate of drug-likeness (QED) is 0.679. The number of hydrogen-bond donors (Lipinski definition) is 1. The molecular formula is C12H24N2. The molecule has 0 radical (unpaired) electrons. The van der Waals surface area contributed by atoms with E-state index >= 15 is 0 Å². The minimum atomic E-state index is 0. The maximum absolute atomic E-state index is 3.28. The zero-order valence-corrected chi connectivity index (χ0v) is 9.96. The molecule has 2 heteroatoms. The van der Waals surface area contributed by atoms with Gasteiger partial charge >= 0.3 is 0 Å². The summed E-state index contributed by atoms with van der Waals surface area (Å²) in [5.74, 6) is 0. The number of nitrogens with zero attached hydrogens (tertiary/aromatic N) is 1. The highest BCUT2D eigenvalue weighted by molar-refractivity contribution is 5.73. The van der Waals surface area contributed by atoms with Gasteiger partial charge in [0.1, 0.15) is 0 Å². The molecule has 1 heterocycles. The van der Waals surface area contributed by atoms with E-state index in [1.54, 1.807) is 0 Å². The van der Waals surface area contributed by atoms with Crippen LogP contribution in [0.25, 0.3) is 0 Å². The molecule has 82 valence electrons. The summed E-state index contributed by atoms with van der Waals surface area (Å²) in [7, 11) is 2.08. The van der Waals surface area contributed by atoms with E-state index in [-0.39, 0.29) is 1.43 Å². The molecule has 1 N–H and O–H groups in total. The van der Waals surface area contributed by atoms with Crippen molar-refractivity contribution in [2.24, 2.45) is 0 Å². The lowest BCUT2D eigenvalue weighted by atomic mass is 10.3. The lowest BCUT2D eigenvalue weighted by Crippen LogP contribution is -2.15. The molecule has 0 unspecified atom stereocenters. The Labute approximate surface area is 89.4 Å². The van der Waals surface area contributed by atoms with Crippen molar-refractivity contribution in [1.29, 1.82) is 0 Å². The van der Waals surface area contributed by atoms with Gasteiger partial charge in [-0.05, 0) is 12.1 Å². The van der Waals surface area contributed by atoms with Crippen LogP contribution in [0.5, 0.6) is 0 Å². The van der Waals surface area contributed by atoms with Crippen LogP contribution in [0.2, 0.25) is 0 Å². The fourth-order valence-electron chi connectivity index (χ4n) is 1.24. The number of para-hydroxylation sites is 2. The summed E-state index contributed by atoms with van der Waals surface area (Å²) in [5, 5.41) is 3.28. The third-order valence-electron chi connectivity index (χ3n) is 1.82. The maximum atomic E-state index is 3.28. The lowest BCUT2D eigenvalue weighted by Gasteiger charge is -2.08. The van der Waals surface area contributed by atoms with Gasteiger partial charge in [-0.1, -0.05) is 39.8 Å². The summed E-state index contributed by atoms with van der Waals surface area (Å²) in [6.07, 6.45) is 0. The van der Waals surface area contributed by atoms with E-state index in [1.807, 2.05) is 33.8 Å². The lowest BCUT2D eigenvalue weighted by molar-refractivity contribution is 1.03. The molecule has 1 aliphatic rings. The zero-order chi connectivity index (χ0) is 11.0. The highest BCUT2D eigenvalue weighted by Gasteiger charge is 2.11. The first-order chi connectivity index (χ1) is 6.88. The Morgan fingerprint density at radius 3 is 2.29 bits per heavy atom. The predicted molar refractivity (Wildman–Crippen MR) is 68.1 cm³/mol. The van der Waals surface area contributed by atoms with Crippen LogP contribution in [-0.4, -0.2) is 13.7 Å². The first kappa shape index (κ1) is 12.8. The molecule has 0 fully saturated rings. The minimum absolute atomic E-state index is 0. The average Bonchev–Trinajstić information content (AvgIpc) is 2.67. The van der Waals surface area contributed by atoms with Gasteiger partial charge in [-0.15, -0.1) is 0 Å². The normalized spacial score (nSPS) is 11.4. The third-order valence-corrected chi connectivity index (χ3v) is 1.82. The van der Waals surface area contributed by atoms with E-state index in [9.17, 15) is 0 Å². The van der Waals surface area contributed by atoms with Crippen molar-refractivity contribution in [3.05, 3.63) is 24.3 Å². The van der Waals surface area contributed by atoms with Gasteiger partial charge < -0.3 is 10.2 Å². The molecule has 14 heavy (non-hydrogen) atoms. The van der Waals surface area contributed by atoms with Crippen LogP contribution in [0, 0.1) is 0 Å². The van der Waals surface area contributed by atoms with Crippen molar-refractivity contribution in [3.8, 4) is 0 Å². The topological polar surface area (TPSA) is 15.3 Å². The third kappa shape index (κ3) is 2.95. The number of fused-ring (bicyclic) bond motifs is 1. The summed E-state index contributed by atoms with van der Waals surface area (Å²) in [4.78, 5) is 2.19. The second-order valence-corrected chi connectivity index (χ2v) is 2.55. The Morgan fingerprint density at radius 1 is 1.14 bits per heavy atom. The number of benzene rings is 1. The summed E-state index contributed by atoms with van der Waals surface area (Å²) >= 11 is 0. The highest BCUT2D eigenvalue weighted by atomic mass is 15.3. The second kappa shape index (κ2) is 7.25. The predicted octanol–water partition coefficient (Wildman–Crippen LogP) is 3.80. The summed E-state index contributed by atoms with van der Waals surface area (Å²) < 4.78 is 0. The van der Waals surface area contributed by atoms with Crippen molar-refractivity contribution in [3.63, 3.8) is 0 Å². The van der Waals surface area contributed by atoms with Gasteiger partial charge in [-0.25, -0.2) is 0 Å². The molecule has 0 atom stereocenters. The minimum Gasteiger partial charge on any atom is -0.366 e. The Morgan fingerprint density at radius 2 is 1.71 bits per heavy atom. The van der Waals surface area contributed by atoms with Gasteiger partial charge in [0.15, 0.2) is 0 Å². The molecule has 1 aliphatic heterocycles. The molecular weight excluding hydrogens is 172 g/mol. The SMILES string of the molecule is CC.CC.CN1CNc2ccccc21.[HH]. The van der Waals surface area contributed by atoms with Crippen LogP contribution >= 0.6 is 0 Å². The highest BCUT2D eigenvalue weighted by Crippen LogP contribution is 2.28. The molecule has 0 bridgehead atoms. The van der Waals surface area contributed by atoms with Gasteiger partial charge in [-0.2, -0.15) is 0 Å². The van der Waals surface area contributed by atoms with Crippen molar-refractivity contribution in [1.82, 2.24) is 0 Å². The van der Waals surface area contributed by atoms with Gasteiger partial charge in [0, 0.05) is 8.47 Å². The van der Waals surface area contributed by atoms with Gasteiger partial charge in [0.05, 0.1) is 18.0 Å². The van der Waals surface area contributed by atoms with Crippen LogP contribution in [0.1, 0.15) is 29.1 Å². The first-order valence-corrected chi connectivity index (χ1v) is 5.42. The Bertz CT molecular complexity index is 251. The number of hydrogen-bond acceptors (Lipinski definition) is 2. The number of anilines is 2. The van der Waals surface area contributed by atoms with Crippen LogP contribution in [0.4, 0.5) is 11.4 Å². The molecule has 0 aromatic heterocycles. The average molecular weight is 196 g/mol. The maximum Gasteiger partial charge on any atom is 0.0874 e. The second-order valence-electron chi connectivity index (χ2n) is 2.55. The van der Waals surface area contributed by atoms with Crippen molar-refractivity contribution >= 4 is 11.4 Å². The van der Waals surface area contributed by atoms with E-state index in [4.69, 9.17) is 0 Å². The fraction of sp³-hybridized carbons (Fsp3) is 0.500. The fourth-order valence-corrected chi connectivity index (χ4v) is 1.24. The van der Waals surface area contributed by atoms with Gasteiger partial charge in [0.2, 0.25) is 0 Å². The molecule has 2 rings (SSSR count). The van der Waals surface area contributed by atoms with Gasteiger partial charge in [0.25, 0.3) is 0 Å². The molecule has 0 aliphatic carbocycles. The van der Waals surface area contributed by atoms with E-state index < -0.39 is 0 Å².